The largest absolute Gasteiger partial charge is 0.481 e. The van der Waals surface area contributed by atoms with E-state index in [2.05, 4.69) is 5.32 Å². The zero-order chi connectivity index (χ0) is 15.8. The summed E-state index contributed by atoms with van der Waals surface area (Å²) >= 11 is 0. The van der Waals surface area contributed by atoms with Gasteiger partial charge in [-0.3, -0.25) is 14.9 Å². The molecule has 0 heterocycles. The van der Waals surface area contributed by atoms with Crippen molar-refractivity contribution >= 4 is 17.9 Å². The molecule has 0 radical (unpaired) electrons. The van der Waals surface area contributed by atoms with Crippen molar-refractivity contribution in [3.05, 3.63) is 35.6 Å². The number of aliphatic carboxylic acids is 1. The highest BCUT2D eigenvalue weighted by atomic mass is 19.1. The molecule has 1 aromatic carbocycles. The number of imide groups is 1. The molecule has 21 heavy (non-hydrogen) atoms. The standard InChI is InChI=1S/C14H17FN2O4/c1-17(9-10-5-7-11(15)8-6-10)14(21)16-12(18)3-2-4-13(19)20/h5-8H,2-4,9H2,1H3,(H,19,20)(H,16,18,21). The van der Waals surface area contributed by atoms with E-state index in [9.17, 15) is 18.8 Å². The lowest BCUT2D eigenvalue weighted by molar-refractivity contribution is -0.137. The Morgan fingerprint density at radius 1 is 1.19 bits per heavy atom. The monoisotopic (exact) mass is 296 g/mol. The molecule has 1 rings (SSSR count). The van der Waals surface area contributed by atoms with Crippen LogP contribution in [0.15, 0.2) is 24.3 Å². The van der Waals surface area contributed by atoms with Crippen LogP contribution < -0.4 is 5.32 Å². The van der Waals surface area contributed by atoms with Crippen molar-refractivity contribution in [3.63, 3.8) is 0 Å². The van der Waals surface area contributed by atoms with E-state index >= 15 is 0 Å². The number of hydrogen-bond donors (Lipinski definition) is 2. The van der Waals surface area contributed by atoms with Crippen molar-refractivity contribution in [2.24, 2.45) is 0 Å². The van der Waals surface area contributed by atoms with Crippen LogP contribution in [-0.2, 0) is 16.1 Å². The summed E-state index contributed by atoms with van der Waals surface area (Å²) in [5.74, 6) is -1.87. The number of carboxylic acid groups (broad SMARTS) is 1. The molecule has 0 bridgehead atoms. The van der Waals surface area contributed by atoms with Crippen LogP contribution in [0.3, 0.4) is 0 Å². The molecule has 0 saturated heterocycles. The van der Waals surface area contributed by atoms with Crippen molar-refractivity contribution in [2.75, 3.05) is 7.05 Å². The number of urea groups is 1. The molecular weight excluding hydrogens is 279 g/mol. The quantitative estimate of drug-likeness (QED) is 0.837. The van der Waals surface area contributed by atoms with E-state index in [4.69, 9.17) is 5.11 Å². The van der Waals surface area contributed by atoms with Gasteiger partial charge in [0.05, 0.1) is 0 Å². The summed E-state index contributed by atoms with van der Waals surface area (Å²) < 4.78 is 12.8. The summed E-state index contributed by atoms with van der Waals surface area (Å²) in [5.41, 5.74) is 0.729. The Hall–Kier alpha value is -2.44. The second-order valence-corrected chi connectivity index (χ2v) is 4.58. The number of hydrogen-bond acceptors (Lipinski definition) is 3. The van der Waals surface area contributed by atoms with Gasteiger partial charge >= 0.3 is 12.0 Å². The van der Waals surface area contributed by atoms with E-state index in [-0.39, 0.29) is 31.6 Å². The van der Waals surface area contributed by atoms with Crippen LogP contribution in [0.2, 0.25) is 0 Å². The number of benzene rings is 1. The molecule has 2 N–H and O–H groups in total. The van der Waals surface area contributed by atoms with Gasteiger partial charge in [0, 0.05) is 26.4 Å². The Morgan fingerprint density at radius 3 is 2.38 bits per heavy atom. The Labute approximate surface area is 121 Å². The highest BCUT2D eigenvalue weighted by Gasteiger charge is 2.13. The molecule has 114 valence electrons. The molecule has 3 amide bonds. The summed E-state index contributed by atoms with van der Waals surface area (Å²) in [6.07, 6.45) is 0.0333. The third kappa shape index (κ3) is 6.51. The number of amides is 3. The molecule has 7 heteroatoms. The van der Waals surface area contributed by atoms with Crippen LogP contribution in [0.25, 0.3) is 0 Å². The van der Waals surface area contributed by atoms with E-state index in [0.717, 1.165) is 5.56 Å². The molecule has 0 aromatic heterocycles. The Morgan fingerprint density at radius 2 is 1.81 bits per heavy atom. The van der Waals surface area contributed by atoms with Crippen LogP contribution in [0.1, 0.15) is 24.8 Å². The first-order valence-electron chi connectivity index (χ1n) is 6.39. The van der Waals surface area contributed by atoms with Crippen LogP contribution >= 0.6 is 0 Å². The Kier molecular flexibility index (Phi) is 6.32. The molecule has 0 fully saturated rings. The van der Waals surface area contributed by atoms with Crippen LogP contribution in [-0.4, -0.2) is 35.0 Å². The maximum Gasteiger partial charge on any atom is 0.324 e. The molecule has 1 aromatic rings. The van der Waals surface area contributed by atoms with Gasteiger partial charge in [-0.05, 0) is 24.1 Å². The van der Waals surface area contributed by atoms with Crippen molar-refractivity contribution in [1.29, 1.82) is 0 Å². The van der Waals surface area contributed by atoms with E-state index < -0.39 is 17.9 Å². The minimum Gasteiger partial charge on any atom is -0.481 e. The van der Waals surface area contributed by atoms with E-state index in [0.29, 0.717) is 0 Å². The first-order valence-corrected chi connectivity index (χ1v) is 6.39. The van der Waals surface area contributed by atoms with Crippen molar-refractivity contribution in [1.82, 2.24) is 10.2 Å². The maximum absolute atomic E-state index is 12.8. The average molecular weight is 296 g/mol. The molecule has 0 spiro atoms. The molecule has 6 nitrogen and oxygen atoms in total. The number of carbonyl (C=O) groups excluding carboxylic acids is 2. The predicted molar refractivity (Wildman–Crippen MR) is 72.9 cm³/mol. The number of nitrogens with zero attached hydrogens (tertiary/aromatic N) is 1. The first-order chi connectivity index (χ1) is 9.88. The van der Waals surface area contributed by atoms with Crippen LogP contribution in [0.4, 0.5) is 9.18 Å². The van der Waals surface area contributed by atoms with Gasteiger partial charge < -0.3 is 10.0 Å². The number of carboxylic acids is 1. The van der Waals surface area contributed by atoms with Gasteiger partial charge in [-0.2, -0.15) is 0 Å². The van der Waals surface area contributed by atoms with Crippen LogP contribution in [0.5, 0.6) is 0 Å². The van der Waals surface area contributed by atoms with Gasteiger partial charge in [0.2, 0.25) is 5.91 Å². The zero-order valence-corrected chi connectivity index (χ0v) is 11.6. The fourth-order valence-electron chi connectivity index (χ4n) is 1.61. The lowest BCUT2D eigenvalue weighted by atomic mass is 10.2. The third-order valence-electron chi connectivity index (χ3n) is 2.72. The average Bonchev–Trinajstić information content (AvgIpc) is 2.40. The summed E-state index contributed by atoms with van der Waals surface area (Å²) in [7, 11) is 1.50. The number of halogens is 1. The minimum atomic E-state index is -0.984. The smallest absolute Gasteiger partial charge is 0.324 e. The number of carbonyl (C=O) groups is 3. The van der Waals surface area contributed by atoms with Gasteiger partial charge in [-0.15, -0.1) is 0 Å². The first kappa shape index (κ1) is 16.6. The van der Waals surface area contributed by atoms with Crippen LogP contribution in [0, 0.1) is 5.82 Å². The van der Waals surface area contributed by atoms with Crippen molar-refractivity contribution in [3.8, 4) is 0 Å². The fraction of sp³-hybridized carbons (Fsp3) is 0.357. The highest BCUT2D eigenvalue weighted by Crippen LogP contribution is 2.05. The van der Waals surface area contributed by atoms with Gasteiger partial charge in [-0.1, -0.05) is 12.1 Å². The summed E-state index contributed by atoms with van der Waals surface area (Å²) in [4.78, 5) is 34.7. The summed E-state index contributed by atoms with van der Waals surface area (Å²) in [5, 5.41) is 10.6. The molecular formula is C14H17FN2O4. The molecule has 0 aliphatic rings. The van der Waals surface area contributed by atoms with E-state index in [1.54, 1.807) is 12.1 Å². The molecule has 0 atom stereocenters. The van der Waals surface area contributed by atoms with Gasteiger partial charge in [0.15, 0.2) is 0 Å². The van der Waals surface area contributed by atoms with E-state index in [1.165, 1.54) is 24.1 Å². The molecule has 0 aliphatic carbocycles. The van der Waals surface area contributed by atoms with E-state index in [1.807, 2.05) is 0 Å². The zero-order valence-electron chi connectivity index (χ0n) is 11.6. The molecule has 0 unspecified atom stereocenters. The van der Waals surface area contributed by atoms with Crippen molar-refractivity contribution in [2.45, 2.75) is 25.8 Å². The third-order valence-corrected chi connectivity index (χ3v) is 2.72. The maximum atomic E-state index is 12.8. The second kappa shape index (κ2) is 7.98. The minimum absolute atomic E-state index is 0.0254. The van der Waals surface area contributed by atoms with Gasteiger partial charge in [0.1, 0.15) is 5.82 Å². The summed E-state index contributed by atoms with van der Waals surface area (Å²) in [6.45, 7) is 0.231. The normalized spacial score (nSPS) is 10.0. The van der Waals surface area contributed by atoms with Crippen molar-refractivity contribution < 1.29 is 23.9 Å². The second-order valence-electron chi connectivity index (χ2n) is 4.58. The number of rotatable bonds is 6. The predicted octanol–water partition coefficient (Wildman–Crippen LogP) is 1.75. The Balaban J connectivity index is 2.38. The van der Waals surface area contributed by atoms with Gasteiger partial charge in [-0.25, -0.2) is 9.18 Å². The lowest BCUT2D eigenvalue weighted by Crippen LogP contribution is -2.40. The molecule has 0 aliphatic heterocycles. The Bertz CT molecular complexity index is 516. The topological polar surface area (TPSA) is 86.7 Å². The van der Waals surface area contributed by atoms with Gasteiger partial charge in [0.25, 0.3) is 0 Å². The summed E-state index contributed by atoms with van der Waals surface area (Å²) in [6, 6.07) is 5.09. The number of nitrogens with one attached hydrogen (secondary N) is 1. The fourth-order valence-corrected chi connectivity index (χ4v) is 1.61. The highest BCUT2D eigenvalue weighted by molar-refractivity contribution is 5.94. The molecule has 0 saturated carbocycles. The lowest BCUT2D eigenvalue weighted by Gasteiger charge is -2.17. The SMILES string of the molecule is CN(Cc1ccc(F)cc1)C(=O)NC(=O)CCCC(=O)O.